The van der Waals surface area contributed by atoms with Gasteiger partial charge in [-0.1, -0.05) is 0 Å². The molecule has 1 aliphatic carbocycles. The molecule has 0 saturated heterocycles. The fourth-order valence-electron chi connectivity index (χ4n) is 1.31. The molecule has 1 N–H and O–H groups in total. The van der Waals surface area contributed by atoms with Crippen molar-refractivity contribution >= 4 is 5.91 Å². The quantitative estimate of drug-likeness (QED) is 0.776. The first kappa shape index (κ1) is 9.24. The van der Waals surface area contributed by atoms with Gasteiger partial charge in [0.05, 0.1) is 0 Å². The van der Waals surface area contributed by atoms with E-state index in [9.17, 15) is 4.79 Å². The summed E-state index contributed by atoms with van der Waals surface area (Å²) in [4.78, 5) is 11.5. The van der Waals surface area contributed by atoms with Gasteiger partial charge in [-0.2, -0.15) is 5.10 Å². The van der Waals surface area contributed by atoms with E-state index >= 15 is 0 Å². The van der Waals surface area contributed by atoms with E-state index in [1.54, 1.807) is 10.7 Å². The predicted octanol–water partition coefficient (Wildman–Crippen LogP) is 1.04. The average Bonchev–Trinajstić information content (AvgIpc) is 2.90. The number of aromatic nitrogens is 2. The highest BCUT2D eigenvalue weighted by atomic mass is 16.1. The highest BCUT2D eigenvalue weighted by Gasteiger charge is 2.22. The predicted molar refractivity (Wildman–Crippen MR) is 53.0 cm³/mol. The second-order valence-electron chi connectivity index (χ2n) is 3.71. The van der Waals surface area contributed by atoms with E-state index in [0.717, 1.165) is 13.1 Å². The summed E-state index contributed by atoms with van der Waals surface area (Å²) >= 11 is 0. The summed E-state index contributed by atoms with van der Waals surface area (Å²) in [6, 6.07) is 1.76. The molecule has 14 heavy (non-hydrogen) atoms. The van der Waals surface area contributed by atoms with Gasteiger partial charge in [-0.3, -0.25) is 9.48 Å². The third-order valence-electron chi connectivity index (χ3n) is 2.45. The Hall–Kier alpha value is -1.32. The van der Waals surface area contributed by atoms with Crippen LogP contribution in [0.5, 0.6) is 0 Å². The summed E-state index contributed by atoms with van der Waals surface area (Å²) in [5.41, 5.74) is 0.521. The van der Waals surface area contributed by atoms with Gasteiger partial charge in [-0.15, -0.1) is 0 Å². The van der Waals surface area contributed by atoms with Gasteiger partial charge in [0, 0.05) is 19.3 Å². The van der Waals surface area contributed by atoms with Crippen LogP contribution in [0.4, 0.5) is 0 Å². The number of carbonyl (C=O) groups excluding carboxylic acids is 1. The minimum Gasteiger partial charge on any atom is -0.350 e. The maximum Gasteiger partial charge on any atom is 0.271 e. The minimum absolute atomic E-state index is 0.0518. The summed E-state index contributed by atoms with van der Waals surface area (Å²) < 4.78 is 1.76. The van der Waals surface area contributed by atoms with E-state index in [0.29, 0.717) is 11.6 Å². The van der Waals surface area contributed by atoms with E-state index in [2.05, 4.69) is 10.4 Å². The largest absolute Gasteiger partial charge is 0.350 e. The number of hydrogen-bond donors (Lipinski definition) is 1. The number of nitrogens with one attached hydrogen (secondary N) is 1. The van der Waals surface area contributed by atoms with Crippen molar-refractivity contribution < 1.29 is 4.79 Å². The molecule has 0 aromatic carbocycles. The molecule has 1 saturated carbocycles. The van der Waals surface area contributed by atoms with Crippen LogP contribution in [0, 0.1) is 5.92 Å². The normalized spacial score (nSPS) is 15.5. The number of carbonyl (C=O) groups is 1. The molecule has 0 unspecified atom stereocenters. The first-order chi connectivity index (χ1) is 6.79. The van der Waals surface area contributed by atoms with Crippen LogP contribution in [-0.2, 0) is 6.54 Å². The molecule has 2 rings (SSSR count). The van der Waals surface area contributed by atoms with Gasteiger partial charge in [-0.25, -0.2) is 0 Å². The summed E-state index contributed by atoms with van der Waals surface area (Å²) in [6.45, 7) is 3.60. The van der Waals surface area contributed by atoms with Gasteiger partial charge in [0.25, 0.3) is 5.91 Å². The second kappa shape index (κ2) is 3.82. The number of nitrogens with zero attached hydrogens (tertiary/aromatic N) is 2. The number of aryl methyl sites for hydroxylation is 1. The van der Waals surface area contributed by atoms with E-state index in [1.807, 2.05) is 13.1 Å². The molecule has 0 bridgehead atoms. The van der Waals surface area contributed by atoms with Crippen molar-refractivity contribution in [2.75, 3.05) is 6.54 Å². The Labute approximate surface area is 83.3 Å². The zero-order valence-electron chi connectivity index (χ0n) is 8.36. The monoisotopic (exact) mass is 193 g/mol. The summed E-state index contributed by atoms with van der Waals surface area (Å²) in [5, 5.41) is 7.02. The number of hydrogen-bond acceptors (Lipinski definition) is 2. The molecule has 1 amide bonds. The van der Waals surface area contributed by atoms with E-state index in [1.165, 1.54) is 12.8 Å². The van der Waals surface area contributed by atoms with Gasteiger partial charge in [0.2, 0.25) is 0 Å². The van der Waals surface area contributed by atoms with E-state index in [4.69, 9.17) is 0 Å². The molecule has 0 atom stereocenters. The third kappa shape index (κ3) is 2.13. The molecule has 1 aromatic rings. The van der Waals surface area contributed by atoms with Crippen LogP contribution in [0.2, 0.25) is 0 Å². The van der Waals surface area contributed by atoms with Crippen molar-refractivity contribution in [1.82, 2.24) is 15.1 Å². The lowest BCUT2D eigenvalue weighted by Gasteiger charge is -2.00. The molecule has 1 fully saturated rings. The van der Waals surface area contributed by atoms with Crippen LogP contribution in [0.3, 0.4) is 0 Å². The molecule has 0 spiro atoms. The van der Waals surface area contributed by atoms with Crippen LogP contribution in [0.1, 0.15) is 30.3 Å². The third-order valence-corrected chi connectivity index (χ3v) is 2.45. The Balaban J connectivity index is 1.88. The number of amides is 1. The van der Waals surface area contributed by atoms with Crippen molar-refractivity contribution in [3.05, 3.63) is 18.0 Å². The van der Waals surface area contributed by atoms with Crippen LogP contribution in [0.15, 0.2) is 12.3 Å². The van der Waals surface area contributed by atoms with Crippen LogP contribution in [-0.4, -0.2) is 22.2 Å². The highest BCUT2D eigenvalue weighted by molar-refractivity contribution is 5.92. The summed E-state index contributed by atoms with van der Waals surface area (Å²) in [7, 11) is 0. The molecule has 1 heterocycles. The summed E-state index contributed by atoms with van der Waals surface area (Å²) in [5.74, 6) is 0.663. The van der Waals surface area contributed by atoms with Crippen LogP contribution < -0.4 is 5.32 Å². The summed E-state index contributed by atoms with van der Waals surface area (Å²) in [6.07, 6.45) is 4.33. The zero-order valence-corrected chi connectivity index (χ0v) is 8.36. The lowest BCUT2D eigenvalue weighted by atomic mass is 10.3. The second-order valence-corrected chi connectivity index (χ2v) is 3.71. The average molecular weight is 193 g/mol. The molecule has 1 aromatic heterocycles. The van der Waals surface area contributed by atoms with Crippen molar-refractivity contribution in [2.24, 2.45) is 5.92 Å². The van der Waals surface area contributed by atoms with Gasteiger partial charge < -0.3 is 5.32 Å². The maximum atomic E-state index is 11.5. The van der Waals surface area contributed by atoms with Gasteiger partial charge in [0.15, 0.2) is 0 Å². The van der Waals surface area contributed by atoms with Crippen LogP contribution in [0.25, 0.3) is 0 Å². The molecule has 76 valence electrons. The van der Waals surface area contributed by atoms with Crippen molar-refractivity contribution in [3.8, 4) is 0 Å². The first-order valence-electron chi connectivity index (χ1n) is 5.11. The fraction of sp³-hybridized carbons (Fsp3) is 0.600. The van der Waals surface area contributed by atoms with Crippen molar-refractivity contribution in [1.29, 1.82) is 0 Å². The molecular weight excluding hydrogens is 178 g/mol. The van der Waals surface area contributed by atoms with Gasteiger partial charge in [0.1, 0.15) is 5.69 Å². The Morgan fingerprint density at radius 2 is 2.50 bits per heavy atom. The Kier molecular flexibility index (Phi) is 2.52. The molecule has 0 aliphatic heterocycles. The van der Waals surface area contributed by atoms with Crippen molar-refractivity contribution in [2.45, 2.75) is 26.3 Å². The molecule has 1 aliphatic rings. The molecular formula is C10H15N3O. The van der Waals surface area contributed by atoms with E-state index in [-0.39, 0.29) is 5.91 Å². The fourth-order valence-corrected chi connectivity index (χ4v) is 1.31. The minimum atomic E-state index is -0.0518. The van der Waals surface area contributed by atoms with Crippen LogP contribution >= 0.6 is 0 Å². The Bertz CT molecular complexity index is 328. The SMILES string of the molecule is CCn1ccc(C(=O)NCC2CC2)n1. The standard InChI is InChI=1S/C10H15N3O/c1-2-13-6-5-9(12-13)10(14)11-7-8-3-4-8/h5-6,8H,2-4,7H2,1H3,(H,11,14). The van der Waals surface area contributed by atoms with Gasteiger partial charge >= 0.3 is 0 Å². The molecule has 0 radical (unpaired) electrons. The van der Waals surface area contributed by atoms with E-state index < -0.39 is 0 Å². The maximum absolute atomic E-state index is 11.5. The lowest BCUT2D eigenvalue weighted by Crippen LogP contribution is -2.26. The Morgan fingerprint density at radius 3 is 3.07 bits per heavy atom. The number of rotatable bonds is 4. The Morgan fingerprint density at radius 1 is 1.71 bits per heavy atom. The zero-order chi connectivity index (χ0) is 9.97. The lowest BCUT2D eigenvalue weighted by molar-refractivity contribution is 0.0946. The molecule has 4 nitrogen and oxygen atoms in total. The van der Waals surface area contributed by atoms with Crippen molar-refractivity contribution in [3.63, 3.8) is 0 Å². The highest BCUT2D eigenvalue weighted by Crippen LogP contribution is 2.27. The smallest absolute Gasteiger partial charge is 0.271 e. The first-order valence-corrected chi connectivity index (χ1v) is 5.11. The van der Waals surface area contributed by atoms with Gasteiger partial charge in [-0.05, 0) is 31.7 Å². The molecule has 4 heteroatoms. The topological polar surface area (TPSA) is 46.9 Å².